The van der Waals surface area contributed by atoms with Crippen molar-refractivity contribution in [1.82, 2.24) is 4.57 Å². The second kappa shape index (κ2) is 7.40. The van der Waals surface area contributed by atoms with Crippen molar-refractivity contribution < 1.29 is 18.1 Å². The Morgan fingerprint density at radius 1 is 1.29 bits per heavy atom. The number of fused-ring (bicyclic) bond motifs is 1. The summed E-state index contributed by atoms with van der Waals surface area (Å²) in [6, 6.07) is 11.5. The van der Waals surface area contributed by atoms with Crippen LogP contribution in [0.15, 0.2) is 53.8 Å². The predicted octanol–water partition coefficient (Wildman–Crippen LogP) is 4.54. The van der Waals surface area contributed by atoms with Gasteiger partial charge in [0.15, 0.2) is 0 Å². The van der Waals surface area contributed by atoms with Crippen molar-refractivity contribution in [2.75, 3.05) is 5.43 Å². The smallest absolute Gasteiger partial charge is 0.333 e. The quantitative estimate of drug-likeness (QED) is 0.395. The molecule has 0 saturated heterocycles. The molecule has 0 unspecified atom stereocenters. The summed E-state index contributed by atoms with van der Waals surface area (Å²) in [5.41, 5.74) is 1.85. The minimum absolute atomic E-state index is 0.131. The number of para-hydroxylation sites is 1. The third-order valence-corrected chi connectivity index (χ3v) is 3.97. The molecule has 0 saturated carbocycles. The van der Waals surface area contributed by atoms with E-state index < -0.39 is 22.4 Å². The molecule has 0 fully saturated rings. The fourth-order valence-electron chi connectivity index (χ4n) is 2.71. The maximum absolute atomic E-state index is 12.8. The highest BCUT2D eigenvalue weighted by molar-refractivity contribution is 5.99. The molecule has 3 rings (SSSR count). The number of hydrazone groups is 1. The maximum atomic E-state index is 12.8. The molecule has 7 nitrogen and oxygen atoms in total. The van der Waals surface area contributed by atoms with Crippen LogP contribution in [0.5, 0.6) is 0 Å². The standard InChI is InChI=1S/C18H12F3N5O2/c19-18(20,21)13-5-6-15(17(9-13)26(27)28)24-23-10-12-11-25(8-7-22)16-4-2-1-3-14(12)16/h1-6,9-11,24H,8H2/b23-10-. The third kappa shape index (κ3) is 3.78. The van der Waals surface area contributed by atoms with Crippen LogP contribution in [0.2, 0.25) is 0 Å². The molecule has 3 aromatic rings. The number of halogens is 3. The van der Waals surface area contributed by atoms with Crippen LogP contribution in [-0.4, -0.2) is 15.7 Å². The Balaban J connectivity index is 1.91. The van der Waals surface area contributed by atoms with Gasteiger partial charge in [-0.05, 0) is 18.2 Å². The summed E-state index contributed by atoms with van der Waals surface area (Å²) < 4.78 is 40.0. The molecule has 0 aliphatic carbocycles. The maximum Gasteiger partial charge on any atom is 0.416 e. The Morgan fingerprint density at radius 2 is 2.04 bits per heavy atom. The van der Waals surface area contributed by atoms with Crippen molar-refractivity contribution in [3.63, 3.8) is 0 Å². The monoisotopic (exact) mass is 387 g/mol. The number of nitriles is 1. The largest absolute Gasteiger partial charge is 0.416 e. The Bertz CT molecular complexity index is 1110. The molecule has 0 bridgehead atoms. The first-order valence-corrected chi connectivity index (χ1v) is 7.91. The molecule has 2 aromatic carbocycles. The number of nitro benzene ring substituents is 1. The summed E-state index contributed by atoms with van der Waals surface area (Å²) in [6.07, 6.45) is -1.60. The number of nitro groups is 1. The first-order valence-electron chi connectivity index (χ1n) is 7.91. The van der Waals surface area contributed by atoms with Gasteiger partial charge in [-0.2, -0.15) is 23.5 Å². The lowest BCUT2D eigenvalue weighted by Gasteiger charge is -2.08. The number of benzene rings is 2. The van der Waals surface area contributed by atoms with Gasteiger partial charge in [0.05, 0.1) is 22.8 Å². The van der Waals surface area contributed by atoms with Crippen molar-refractivity contribution in [3.05, 3.63) is 69.9 Å². The highest BCUT2D eigenvalue weighted by atomic mass is 19.4. The predicted molar refractivity (Wildman–Crippen MR) is 96.9 cm³/mol. The van der Waals surface area contributed by atoms with E-state index in [1.807, 2.05) is 30.3 Å². The van der Waals surface area contributed by atoms with Crippen LogP contribution in [0, 0.1) is 21.4 Å². The van der Waals surface area contributed by atoms with Crippen LogP contribution in [0.4, 0.5) is 24.5 Å². The van der Waals surface area contributed by atoms with Gasteiger partial charge >= 0.3 is 6.18 Å². The average Bonchev–Trinajstić information content (AvgIpc) is 2.99. The fourth-order valence-corrected chi connectivity index (χ4v) is 2.71. The normalized spacial score (nSPS) is 11.6. The van der Waals surface area contributed by atoms with Gasteiger partial charge in [0, 0.05) is 28.7 Å². The summed E-state index contributed by atoms with van der Waals surface area (Å²) in [6.45, 7) is 0.131. The topological polar surface area (TPSA) is 96.2 Å². The van der Waals surface area contributed by atoms with Gasteiger partial charge in [-0.3, -0.25) is 15.5 Å². The second-order valence-electron chi connectivity index (χ2n) is 5.74. The van der Waals surface area contributed by atoms with Gasteiger partial charge in [-0.1, -0.05) is 18.2 Å². The van der Waals surface area contributed by atoms with Crippen LogP contribution in [0.25, 0.3) is 10.9 Å². The van der Waals surface area contributed by atoms with Crippen molar-refractivity contribution in [3.8, 4) is 6.07 Å². The van der Waals surface area contributed by atoms with Crippen LogP contribution in [-0.2, 0) is 12.7 Å². The van der Waals surface area contributed by atoms with E-state index in [2.05, 4.69) is 10.5 Å². The second-order valence-corrected chi connectivity index (χ2v) is 5.74. The Kier molecular flexibility index (Phi) is 5.00. The van der Waals surface area contributed by atoms with Crippen LogP contribution in [0.3, 0.4) is 0 Å². The summed E-state index contributed by atoms with van der Waals surface area (Å²) in [4.78, 5) is 10.2. The molecule has 10 heteroatoms. The SMILES string of the molecule is N#CCn1cc(/C=N\Nc2ccc(C(F)(F)F)cc2[N+](=O)[O-])c2ccccc21. The van der Waals surface area contributed by atoms with Crippen LogP contribution < -0.4 is 5.43 Å². The lowest BCUT2D eigenvalue weighted by molar-refractivity contribution is -0.384. The number of nitrogens with zero attached hydrogens (tertiary/aromatic N) is 4. The zero-order valence-corrected chi connectivity index (χ0v) is 14.1. The van der Waals surface area contributed by atoms with Gasteiger partial charge in [0.1, 0.15) is 12.2 Å². The number of anilines is 1. The van der Waals surface area contributed by atoms with E-state index in [-0.39, 0.29) is 12.2 Å². The minimum atomic E-state index is -4.69. The molecule has 28 heavy (non-hydrogen) atoms. The molecular weight excluding hydrogens is 375 g/mol. The van der Waals surface area contributed by atoms with E-state index in [4.69, 9.17) is 5.26 Å². The number of alkyl halides is 3. The molecule has 0 aliphatic rings. The Labute approximate surface area is 156 Å². The van der Waals surface area contributed by atoms with Crippen molar-refractivity contribution >= 4 is 28.5 Å². The summed E-state index contributed by atoms with van der Waals surface area (Å²) in [5.74, 6) is 0. The molecule has 0 radical (unpaired) electrons. The number of hydrogen-bond acceptors (Lipinski definition) is 5. The molecule has 1 aromatic heterocycles. The first-order chi connectivity index (χ1) is 13.3. The van der Waals surface area contributed by atoms with Crippen molar-refractivity contribution in [2.24, 2.45) is 5.10 Å². The zero-order valence-electron chi connectivity index (χ0n) is 14.1. The average molecular weight is 387 g/mol. The van der Waals surface area contributed by atoms with E-state index in [9.17, 15) is 23.3 Å². The molecule has 142 valence electrons. The van der Waals surface area contributed by atoms with Gasteiger partial charge < -0.3 is 4.57 Å². The molecule has 1 heterocycles. The van der Waals surface area contributed by atoms with Gasteiger partial charge in [0.25, 0.3) is 5.69 Å². The number of aromatic nitrogens is 1. The van der Waals surface area contributed by atoms with E-state index in [0.717, 1.165) is 23.0 Å². The Morgan fingerprint density at radius 3 is 2.71 bits per heavy atom. The third-order valence-electron chi connectivity index (χ3n) is 3.97. The first kappa shape index (κ1) is 18.9. The van der Waals surface area contributed by atoms with Crippen molar-refractivity contribution in [1.29, 1.82) is 5.26 Å². The number of rotatable bonds is 5. The molecule has 1 N–H and O–H groups in total. The number of nitrogens with one attached hydrogen (secondary N) is 1. The van der Waals surface area contributed by atoms with E-state index in [1.54, 1.807) is 10.8 Å². The summed E-state index contributed by atoms with van der Waals surface area (Å²) >= 11 is 0. The molecular formula is C18H12F3N5O2. The zero-order chi connectivity index (χ0) is 20.3. The fraction of sp³-hybridized carbons (Fsp3) is 0.111. The van der Waals surface area contributed by atoms with Crippen LogP contribution in [0.1, 0.15) is 11.1 Å². The lowest BCUT2D eigenvalue weighted by atomic mass is 10.1. The van der Waals surface area contributed by atoms with Gasteiger partial charge in [-0.15, -0.1) is 0 Å². The highest BCUT2D eigenvalue weighted by Crippen LogP contribution is 2.35. The molecule has 0 aliphatic heterocycles. The van der Waals surface area contributed by atoms with E-state index in [1.165, 1.54) is 6.21 Å². The molecule has 0 atom stereocenters. The minimum Gasteiger partial charge on any atom is -0.333 e. The van der Waals surface area contributed by atoms with E-state index >= 15 is 0 Å². The summed E-state index contributed by atoms with van der Waals surface area (Å²) in [5, 5.41) is 24.7. The van der Waals surface area contributed by atoms with E-state index in [0.29, 0.717) is 11.6 Å². The summed E-state index contributed by atoms with van der Waals surface area (Å²) in [7, 11) is 0. The highest BCUT2D eigenvalue weighted by Gasteiger charge is 2.33. The number of hydrogen-bond donors (Lipinski definition) is 1. The Hall–Kier alpha value is -3.87. The van der Waals surface area contributed by atoms with Gasteiger partial charge in [-0.25, -0.2) is 0 Å². The molecule has 0 spiro atoms. The lowest BCUT2D eigenvalue weighted by Crippen LogP contribution is -2.06. The van der Waals surface area contributed by atoms with Crippen LogP contribution >= 0.6 is 0 Å². The van der Waals surface area contributed by atoms with Gasteiger partial charge in [0.2, 0.25) is 0 Å². The van der Waals surface area contributed by atoms with Crippen molar-refractivity contribution in [2.45, 2.75) is 12.7 Å². The molecule has 0 amide bonds.